The molecule has 0 unspecified atom stereocenters. The van der Waals surface area contributed by atoms with Crippen molar-refractivity contribution in [3.63, 3.8) is 0 Å². The van der Waals surface area contributed by atoms with E-state index in [-0.39, 0.29) is 31.6 Å². The maximum atomic E-state index is 2.50. The normalized spacial score (nSPS) is 16.6. The average Bonchev–Trinajstić information content (AvgIpc) is 3.10. The molecule has 1 fully saturated rings. The average molecular weight is 463 g/mol. The van der Waals surface area contributed by atoms with Crippen molar-refractivity contribution in [2.45, 2.75) is 78.1 Å². The Kier molecular flexibility index (Phi) is 7.00. The summed E-state index contributed by atoms with van der Waals surface area (Å²) in [4.78, 5) is 0. The summed E-state index contributed by atoms with van der Waals surface area (Å²) < 4.78 is 0. The van der Waals surface area contributed by atoms with Crippen LogP contribution in [0.25, 0.3) is 21.9 Å². The van der Waals surface area contributed by atoms with Crippen molar-refractivity contribution in [3.8, 4) is 11.1 Å². The summed E-state index contributed by atoms with van der Waals surface area (Å²) >= 11 is 0. The van der Waals surface area contributed by atoms with E-state index in [1.165, 1.54) is 72.4 Å². The van der Waals surface area contributed by atoms with Crippen molar-refractivity contribution < 1.29 is 26.2 Å². The first-order valence-corrected chi connectivity index (χ1v) is 11.2. The molecular formula is C28H35Zr-. The molecule has 3 aromatic rings. The van der Waals surface area contributed by atoms with E-state index in [2.05, 4.69) is 82.3 Å². The number of rotatable bonds is 4. The van der Waals surface area contributed by atoms with Crippen molar-refractivity contribution in [1.29, 1.82) is 0 Å². The molecule has 0 aliphatic heterocycles. The SMILES string of the molecule is CCC1(Cc2cc3c(-c4ccccc4C(C)(C)C)cccc3[cH-]2)CCCCC1.[Zr]. The fourth-order valence-corrected chi connectivity index (χ4v) is 5.40. The van der Waals surface area contributed by atoms with E-state index in [4.69, 9.17) is 0 Å². The minimum absolute atomic E-state index is 0. The zero-order valence-electron chi connectivity index (χ0n) is 18.6. The summed E-state index contributed by atoms with van der Waals surface area (Å²) in [5, 5.41) is 2.83. The third-order valence-corrected chi connectivity index (χ3v) is 7.08. The van der Waals surface area contributed by atoms with Gasteiger partial charge in [-0.3, -0.25) is 0 Å². The zero-order valence-corrected chi connectivity index (χ0v) is 21.1. The van der Waals surface area contributed by atoms with Crippen molar-refractivity contribution in [1.82, 2.24) is 0 Å². The van der Waals surface area contributed by atoms with E-state index in [0.717, 1.165) is 0 Å². The molecule has 0 bridgehead atoms. The molecule has 0 radical (unpaired) electrons. The molecule has 3 aromatic carbocycles. The van der Waals surface area contributed by atoms with Gasteiger partial charge in [0.1, 0.15) is 0 Å². The predicted molar refractivity (Wildman–Crippen MR) is 123 cm³/mol. The number of benzene rings is 2. The van der Waals surface area contributed by atoms with E-state index in [1.54, 1.807) is 5.56 Å². The monoisotopic (exact) mass is 461 g/mol. The third kappa shape index (κ3) is 4.66. The van der Waals surface area contributed by atoms with Gasteiger partial charge in [-0.1, -0.05) is 89.3 Å². The second-order valence-corrected chi connectivity index (χ2v) is 10.1. The first kappa shape index (κ1) is 22.6. The Bertz CT molecular complexity index is 948. The van der Waals surface area contributed by atoms with Gasteiger partial charge in [0.2, 0.25) is 0 Å². The molecule has 1 saturated carbocycles. The molecule has 152 valence electrons. The molecule has 0 atom stereocenters. The summed E-state index contributed by atoms with van der Waals surface area (Å²) in [6.07, 6.45) is 9.64. The van der Waals surface area contributed by atoms with Crippen LogP contribution < -0.4 is 0 Å². The molecular weight excluding hydrogens is 428 g/mol. The van der Waals surface area contributed by atoms with E-state index < -0.39 is 0 Å². The molecule has 29 heavy (non-hydrogen) atoms. The van der Waals surface area contributed by atoms with Gasteiger partial charge in [0, 0.05) is 26.2 Å². The van der Waals surface area contributed by atoms with Gasteiger partial charge in [-0.05, 0) is 41.2 Å². The van der Waals surface area contributed by atoms with Crippen molar-refractivity contribution in [3.05, 3.63) is 65.7 Å². The van der Waals surface area contributed by atoms with Gasteiger partial charge in [-0.15, -0.1) is 34.5 Å². The van der Waals surface area contributed by atoms with Crippen LogP contribution in [-0.2, 0) is 38.0 Å². The maximum Gasteiger partial charge on any atom is 0 e. The van der Waals surface area contributed by atoms with Gasteiger partial charge in [0.05, 0.1) is 0 Å². The van der Waals surface area contributed by atoms with E-state index >= 15 is 0 Å². The molecule has 0 aromatic heterocycles. The Hall–Kier alpha value is -1.07. The van der Waals surface area contributed by atoms with Crippen molar-refractivity contribution >= 4 is 10.8 Å². The van der Waals surface area contributed by atoms with E-state index in [9.17, 15) is 0 Å². The molecule has 0 spiro atoms. The first-order chi connectivity index (χ1) is 13.4. The van der Waals surface area contributed by atoms with Crippen LogP contribution in [0.4, 0.5) is 0 Å². The Labute approximate surface area is 196 Å². The Morgan fingerprint density at radius 2 is 1.59 bits per heavy atom. The van der Waals surface area contributed by atoms with Gasteiger partial charge >= 0.3 is 0 Å². The predicted octanol–water partition coefficient (Wildman–Crippen LogP) is 8.42. The second kappa shape index (κ2) is 8.97. The quantitative estimate of drug-likeness (QED) is 0.341. The molecule has 0 saturated heterocycles. The molecule has 0 nitrogen and oxygen atoms in total. The Morgan fingerprint density at radius 1 is 0.897 bits per heavy atom. The zero-order chi connectivity index (χ0) is 19.8. The molecule has 0 amide bonds. The first-order valence-electron chi connectivity index (χ1n) is 11.2. The van der Waals surface area contributed by atoms with Gasteiger partial charge in [0.15, 0.2) is 0 Å². The van der Waals surface area contributed by atoms with Gasteiger partial charge in [0.25, 0.3) is 0 Å². The topological polar surface area (TPSA) is 0 Å². The maximum absolute atomic E-state index is 2.50. The van der Waals surface area contributed by atoms with Gasteiger partial charge in [-0.2, -0.15) is 6.07 Å². The fraction of sp³-hybridized carbons (Fsp3) is 0.464. The van der Waals surface area contributed by atoms with Crippen LogP contribution in [0.1, 0.15) is 77.3 Å². The smallest absolute Gasteiger partial charge is 0 e. The number of fused-ring (bicyclic) bond motifs is 1. The fourth-order valence-electron chi connectivity index (χ4n) is 5.40. The molecule has 1 heteroatoms. The van der Waals surface area contributed by atoms with Crippen molar-refractivity contribution in [2.75, 3.05) is 0 Å². The molecule has 0 N–H and O–H groups in total. The van der Waals surface area contributed by atoms with Crippen LogP contribution in [0.15, 0.2) is 54.6 Å². The summed E-state index contributed by atoms with van der Waals surface area (Å²) in [6.45, 7) is 9.35. The molecule has 4 rings (SSSR count). The largest absolute Gasteiger partial charge is 0.164 e. The molecule has 1 aliphatic rings. The summed E-state index contributed by atoms with van der Waals surface area (Å²) in [6, 6.07) is 20.8. The minimum Gasteiger partial charge on any atom is -0.164 e. The van der Waals surface area contributed by atoms with E-state index in [0.29, 0.717) is 5.41 Å². The molecule has 1 aliphatic carbocycles. The summed E-state index contributed by atoms with van der Waals surface area (Å²) in [5.41, 5.74) is 6.43. The summed E-state index contributed by atoms with van der Waals surface area (Å²) in [7, 11) is 0. The van der Waals surface area contributed by atoms with Crippen LogP contribution in [-0.4, -0.2) is 0 Å². The van der Waals surface area contributed by atoms with Crippen LogP contribution in [0, 0.1) is 5.41 Å². The van der Waals surface area contributed by atoms with Crippen molar-refractivity contribution in [2.24, 2.45) is 5.41 Å². The molecule has 0 heterocycles. The third-order valence-electron chi connectivity index (χ3n) is 7.08. The Morgan fingerprint density at radius 3 is 2.28 bits per heavy atom. The standard InChI is InChI=1S/C28H35.Zr/c1-5-28(16-9-6-10-17-28)20-21-18-22-12-11-14-23(25(22)19-21)24-13-7-8-15-26(24)27(2,3)4;/h7-8,11-15,18-19H,5-6,9-10,16-17,20H2,1-4H3;/q-1;. The van der Waals surface area contributed by atoms with Gasteiger partial charge in [-0.25, -0.2) is 0 Å². The Balaban J connectivity index is 0.00000240. The minimum atomic E-state index is 0. The van der Waals surface area contributed by atoms with Gasteiger partial charge < -0.3 is 0 Å². The van der Waals surface area contributed by atoms with Crippen LogP contribution >= 0.6 is 0 Å². The van der Waals surface area contributed by atoms with Crippen LogP contribution in [0.2, 0.25) is 0 Å². The van der Waals surface area contributed by atoms with Crippen LogP contribution in [0.5, 0.6) is 0 Å². The van der Waals surface area contributed by atoms with Crippen LogP contribution in [0.3, 0.4) is 0 Å². The number of hydrogen-bond acceptors (Lipinski definition) is 0. The van der Waals surface area contributed by atoms with E-state index in [1.807, 2.05) is 0 Å². The second-order valence-electron chi connectivity index (χ2n) is 10.1. The number of hydrogen-bond donors (Lipinski definition) is 0. The summed E-state index contributed by atoms with van der Waals surface area (Å²) in [5.74, 6) is 0.